The van der Waals surface area contributed by atoms with E-state index >= 15 is 0 Å². The van der Waals surface area contributed by atoms with Crippen molar-refractivity contribution >= 4 is 0 Å². The molecule has 2 aliphatic rings. The monoisotopic (exact) mass is 506 g/mol. The van der Waals surface area contributed by atoms with Gasteiger partial charge in [-0.05, 0) is 42.7 Å². The molecule has 3 aromatic heterocycles. The van der Waals surface area contributed by atoms with Crippen molar-refractivity contribution in [3.63, 3.8) is 0 Å². The first kappa shape index (κ1) is 23.6. The Labute approximate surface area is 211 Å². The summed E-state index contributed by atoms with van der Waals surface area (Å²) in [5, 5.41) is 0. The lowest BCUT2D eigenvalue weighted by atomic mass is 10.0. The molecule has 2 aliphatic carbocycles. The highest BCUT2D eigenvalue weighted by molar-refractivity contribution is 5.66. The van der Waals surface area contributed by atoms with Crippen LogP contribution in [0.4, 0.5) is 13.2 Å². The highest BCUT2D eigenvalue weighted by Gasteiger charge is 2.35. The fourth-order valence-corrected chi connectivity index (χ4v) is 4.67. The molecule has 0 saturated heterocycles. The van der Waals surface area contributed by atoms with Crippen LogP contribution >= 0.6 is 0 Å². The normalized spacial score (nSPS) is 15.7. The molecule has 37 heavy (non-hydrogen) atoms. The molecule has 7 nitrogen and oxygen atoms in total. The van der Waals surface area contributed by atoms with Crippen molar-refractivity contribution < 1.29 is 17.9 Å². The van der Waals surface area contributed by atoms with Gasteiger partial charge in [0.1, 0.15) is 17.7 Å². The minimum atomic E-state index is -4.48. The number of hydrogen-bond donors (Lipinski definition) is 0. The number of aryl methyl sites for hydroxylation is 1. The van der Waals surface area contributed by atoms with Crippen molar-refractivity contribution in [2.24, 2.45) is 7.05 Å². The zero-order valence-electron chi connectivity index (χ0n) is 20.5. The first-order valence-electron chi connectivity index (χ1n) is 12.3. The zero-order chi connectivity index (χ0) is 25.7. The first-order valence-corrected chi connectivity index (χ1v) is 12.3. The molecule has 0 radical (unpaired) electrons. The standard InChI is InChI=1S/C27H25F3N6O/c1-36-13-21(27(28,29)30)35-25(36)18-5-3-15(4-6-18)11-20-19(16-7-8-16)12-31-24(34-20)22-23(17-9-10-17)32-14-33-26(22)37-2/h3-6,12-14,16-17H,7-11H2,1-2H3. The van der Waals surface area contributed by atoms with E-state index in [-0.39, 0.29) is 5.82 Å². The van der Waals surface area contributed by atoms with Crippen LogP contribution in [0.3, 0.4) is 0 Å². The van der Waals surface area contributed by atoms with Gasteiger partial charge in [0.25, 0.3) is 0 Å². The third kappa shape index (κ3) is 4.68. The second kappa shape index (κ2) is 8.93. The van der Waals surface area contributed by atoms with Crippen molar-refractivity contribution in [3.8, 4) is 28.7 Å². The van der Waals surface area contributed by atoms with Crippen LogP contribution < -0.4 is 4.74 Å². The predicted octanol–water partition coefficient (Wildman–Crippen LogP) is 5.71. The Morgan fingerprint density at radius 1 is 0.973 bits per heavy atom. The Kier molecular flexibility index (Phi) is 5.69. The second-order valence-corrected chi connectivity index (χ2v) is 9.72. The summed E-state index contributed by atoms with van der Waals surface area (Å²) in [5.41, 5.74) is 4.46. The Bertz CT molecular complexity index is 1460. The topological polar surface area (TPSA) is 78.6 Å². The van der Waals surface area contributed by atoms with Crippen molar-refractivity contribution in [2.75, 3.05) is 7.11 Å². The summed E-state index contributed by atoms with van der Waals surface area (Å²) in [4.78, 5) is 22.3. The van der Waals surface area contributed by atoms with Crippen LogP contribution in [0.25, 0.3) is 22.8 Å². The summed E-state index contributed by atoms with van der Waals surface area (Å²) in [7, 11) is 3.15. The van der Waals surface area contributed by atoms with E-state index < -0.39 is 11.9 Å². The van der Waals surface area contributed by atoms with Crippen molar-refractivity contribution in [1.82, 2.24) is 29.5 Å². The first-order chi connectivity index (χ1) is 17.8. The van der Waals surface area contributed by atoms with Gasteiger partial charge in [0, 0.05) is 37.3 Å². The largest absolute Gasteiger partial charge is 0.480 e. The van der Waals surface area contributed by atoms with Gasteiger partial charge in [-0.3, -0.25) is 0 Å². The smallest absolute Gasteiger partial charge is 0.434 e. The van der Waals surface area contributed by atoms with E-state index in [1.807, 2.05) is 18.3 Å². The van der Waals surface area contributed by atoms with E-state index in [4.69, 9.17) is 14.7 Å². The third-order valence-corrected chi connectivity index (χ3v) is 6.89. The third-order valence-electron chi connectivity index (χ3n) is 6.89. The maximum atomic E-state index is 13.1. The van der Waals surface area contributed by atoms with Crippen molar-refractivity contribution in [3.05, 3.63) is 71.2 Å². The van der Waals surface area contributed by atoms with Crippen LogP contribution in [0.15, 0.2) is 43.0 Å². The van der Waals surface area contributed by atoms with Crippen molar-refractivity contribution in [1.29, 1.82) is 0 Å². The molecule has 0 bridgehead atoms. The van der Waals surface area contributed by atoms with E-state index in [0.717, 1.165) is 60.0 Å². The van der Waals surface area contributed by atoms with Crippen LogP contribution in [0.2, 0.25) is 0 Å². The summed E-state index contributed by atoms with van der Waals surface area (Å²) < 4.78 is 46.2. The number of rotatable bonds is 7. The number of hydrogen-bond acceptors (Lipinski definition) is 6. The summed E-state index contributed by atoms with van der Waals surface area (Å²) in [6, 6.07) is 7.43. The summed E-state index contributed by atoms with van der Waals surface area (Å²) in [6.07, 6.45) is 4.91. The molecular formula is C27H25F3N6O. The summed E-state index contributed by atoms with van der Waals surface area (Å²) in [6.45, 7) is 0. The zero-order valence-corrected chi connectivity index (χ0v) is 20.5. The Morgan fingerprint density at radius 2 is 1.70 bits per heavy atom. The lowest BCUT2D eigenvalue weighted by Crippen LogP contribution is -2.06. The quantitative estimate of drug-likeness (QED) is 0.320. The number of benzene rings is 1. The van der Waals surface area contributed by atoms with Gasteiger partial charge in [-0.2, -0.15) is 13.2 Å². The lowest BCUT2D eigenvalue weighted by Gasteiger charge is -2.14. The second-order valence-electron chi connectivity index (χ2n) is 9.72. The molecular weight excluding hydrogens is 481 g/mol. The summed E-state index contributed by atoms with van der Waals surface area (Å²) in [5.74, 6) is 2.13. The molecule has 2 fully saturated rings. The Balaban J connectivity index is 1.33. The molecule has 0 aliphatic heterocycles. The number of methoxy groups -OCH3 is 1. The highest BCUT2D eigenvalue weighted by Crippen LogP contribution is 2.46. The Morgan fingerprint density at radius 3 is 2.32 bits per heavy atom. The maximum Gasteiger partial charge on any atom is 0.434 e. The fraction of sp³-hybridized carbons (Fsp3) is 0.370. The van der Waals surface area contributed by atoms with Gasteiger partial charge in [-0.25, -0.2) is 24.9 Å². The summed E-state index contributed by atoms with van der Waals surface area (Å²) >= 11 is 0. The molecule has 0 amide bonds. The predicted molar refractivity (Wildman–Crippen MR) is 130 cm³/mol. The average Bonchev–Trinajstić information content (AvgIpc) is 3.81. The number of halogens is 3. The van der Waals surface area contributed by atoms with Crippen LogP contribution in [0, 0.1) is 0 Å². The number of nitrogens with zero attached hydrogens (tertiary/aromatic N) is 6. The van der Waals surface area contributed by atoms with Gasteiger partial charge in [0.15, 0.2) is 11.5 Å². The molecule has 190 valence electrons. The van der Waals surface area contributed by atoms with Gasteiger partial charge in [-0.15, -0.1) is 0 Å². The van der Waals surface area contributed by atoms with Gasteiger partial charge in [0.05, 0.1) is 18.5 Å². The number of alkyl halides is 3. The number of ether oxygens (including phenoxy) is 1. The molecule has 4 aromatic rings. The number of aromatic nitrogens is 6. The van der Waals surface area contributed by atoms with Gasteiger partial charge in [-0.1, -0.05) is 24.3 Å². The molecule has 0 unspecified atom stereocenters. The van der Waals surface area contributed by atoms with E-state index in [1.165, 1.54) is 10.9 Å². The van der Waals surface area contributed by atoms with E-state index in [9.17, 15) is 13.2 Å². The molecule has 1 aromatic carbocycles. The van der Waals surface area contributed by atoms with Crippen molar-refractivity contribution in [2.45, 2.75) is 50.1 Å². The molecule has 0 spiro atoms. The molecule has 3 heterocycles. The van der Waals surface area contributed by atoms with E-state index in [1.54, 1.807) is 26.3 Å². The Hall–Kier alpha value is -3.82. The number of imidazole rings is 1. The SMILES string of the molecule is COc1ncnc(C2CC2)c1-c1ncc(C2CC2)c(Cc2ccc(-c3nc(C(F)(F)F)cn3C)cc2)n1. The maximum absolute atomic E-state index is 13.1. The van der Waals surface area contributed by atoms with Crippen LogP contribution in [0.5, 0.6) is 5.88 Å². The van der Waals surface area contributed by atoms with Crippen LogP contribution in [-0.2, 0) is 19.6 Å². The van der Waals surface area contributed by atoms with Gasteiger partial charge >= 0.3 is 6.18 Å². The van der Waals surface area contributed by atoms with Gasteiger partial charge < -0.3 is 9.30 Å². The fourth-order valence-electron chi connectivity index (χ4n) is 4.67. The van der Waals surface area contributed by atoms with Gasteiger partial charge in [0.2, 0.25) is 5.88 Å². The van der Waals surface area contributed by atoms with E-state index in [0.29, 0.717) is 35.5 Å². The van der Waals surface area contributed by atoms with Crippen LogP contribution in [0.1, 0.15) is 65.7 Å². The minimum absolute atomic E-state index is 0.269. The molecule has 10 heteroatoms. The lowest BCUT2D eigenvalue weighted by molar-refractivity contribution is -0.140. The molecule has 0 N–H and O–H groups in total. The molecule has 0 atom stereocenters. The highest BCUT2D eigenvalue weighted by atomic mass is 19.4. The van der Waals surface area contributed by atoms with Crippen LogP contribution in [-0.4, -0.2) is 36.6 Å². The molecule has 2 saturated carbocycles. The average molecular weight is 507 g/mol. The van der Waals surface area contributed by atoms with E-state index in [2.05, 4.69) is 15.0 Å². The minimum Gasteiger partial charge on any atom is -0.480 e. The molecule has 6 rings (SSSR count).